The zero-order valence-electron chi connectivity index (χ0n) is 20.9. The summed E-state index contributed by atoms with van der Waals surface area (Å²) in [4.78, 5) is 33.8. The molecule has 3 aromatic rings. The molecule has 7 heteroatoms. The fraction of sp³-hybridized carbons (Fsp3) is 0.379. The van der Waals surface area contributed by atoms with Gasteiger partial charge in [-0.2, -0.15) is 0 Å². The first-order valence-corrected chi connectivity index (χ1v) is 13.5. The molecule has 5 rings (SSSR count). The molecule has 2 aliphatic heterocycles. The SMILES string of the molecule is Cc1ccccc1[C@H]1c2ccsc2CCN1[C@@H](C)C(=O)N1CCN(C(=O)COc2ccccc2)CC1. The predicted molar refractivity (Wildman–Crippen MR) is 142 cm³/mol. The average Bonchev–Trinajstić information content (AvgIpc) is 3.40. The number of benzene rings is 2. The number of carbonyl (C=O) groups is 2. The topological polar surface area (TPSA) is 53.1 Å². The fourth-order valence-corrected chi connectivity index (χ4v) is 6.23. The molecule has 0 unspecified atom stereocenters. The number of para-hydroxylation sites is 1. The van der Waals surface area contributed by atoms with E-state index >= 15 is 0 Å². The number of amides is 2. The molecular formula is C29H33N3O3S. The molecule has 1 fully saturated rings. The molecular weight excluding hydrogens is 470 g/mol. The monoisotopic (exact) mass is 503 g/mol. The second-order valence-electron chi connectivity index (χ2n) is 9.53. The molecule has 2 atom stereocenters. The summed E-state index contributed by atoms with van der Waals surface area (Å²) in [5.74, 6) is 0.784. The molecule has 2 aromatic carbocycles. The van der Waals surface area contributed by atoms with Gasteiger partial charge in [-0.25, -0.2) is 0 Å². The van der Waals surface area contributed by atoms with Crippen LogP contribution in [0.3, 0.4) is 0 Å². The van der Waals surface area contributed by atoms with Crippen LogP contribution in [0, 0.1) is 6.92 Å². The van der Waals surface area contributed by atoms with Crippen LogP contribution in [0.25, 0.3) is 0 Å². The van der Waals surface area contributed by atoms with E-state index in [-0.39, 0.29) is 30.5 Å². The Hall–Kier alpha value is -3.16. The molecule has 0 radical (unpaired) electrons. The van der Waals surface area contributed by atoms with Crippen LogP contribution in [0.5, 0.6) is 5.75 Å². The van der Waals surface area contributed by atoms with Crippen LogP contribution in [-0.4, -0.2) is 71.9 Å². The van der Waals surface area contributed by atoms with Crippen molar-refractivity contribution in [2.24, 2.45) is 0 Å². The Morgan fingerprint density at radius 2 is 1.61 bits per heavy atom. The Balaban J connectivity index is 1.23. The summed E-state index contributed by atoms with van der Waals surface area (Å²) >= 11 is 1.82. The summed E-state index contributed by atoms with van der Waals surface area (Å²) in [7, 11) is 0. The van der Waals surface area contributed by atoms with Gasteiger partial charge in [-0.3, -0.25) is 14.5 Å². The molecule has 0 saturated carbocycles. The Kier molecular flexibility index (Phi) is 7.39. The highest BCUT2D eigenvalue weighted by molar-refractivity contribution is 7.10. The van der Waals surface area contributed by atoms with Crippen LogP contribution in [0.1, 0.15) is 34.5 Å². The summed E-state index contributed by atoms with van der Waals surface area (Å²) in [6, 6.07) is 19.9. The van der Waals surface area contributed by atoms with Crippen molar-refractivity contribution >= 4 is 23.2 Å². The number of thiophene rings is 1. The Morgan fingerprint density at radius 3 is 2.36 bits per heavy atom. The van der Waals surface area contributed by atoms with Crippen molar-refractivity contribution in [1.82, 2.24) is 14.7 Å². The minimum absolute atomic E-state index is 0.0171. The number of piperazine rings is 1. The lowest BCUT2D eigenvalue weighted by Crippen LogP contribution is -2.56. The maximum Gasteiger partial charge on any atom is 0.260 e. The van der Waals surface area contributed by atoms with Gasteiger partial charge in [-0.1, -0.05) is 42.5 Å². The van der Waals surface area contributed by atoms with Crippen molar-refractivity contribution in [1.29, 1.82) is 0 Å². The summed E-state index contributed by atoms with van der Waals surface area (Å²) in [5.41, 5.74) is 3.84. The molecule has 0 spiro atoms. The molecule has 3 heterocycles. The number of aryl methyl sites for hydroxylation is 1. The largest absolute Gasteiger partial charge is 0.484 e. The van der Waals surface area contributed by atoms with Crippen molar-refractivity contribution < 1.29 is 14.3 Å². The van der Waals surface area contributed by atoms with Crippen LogP contribution in [0.4, 0.5) is 0 Å². The van der Waals surface area contributed by atoms with Gasteiger partial charge < -0.3 is 14.5 Å². The highest BCUT2D eigenvalue weighted by Gasteiger charge is 2.37. The third-order valence-electron chi connectivity index (χ3n) is 7.39. The first-order chi connectivity index (χ1) is 17.5. The predicted octanol–water partition coefficient (Wildman–Crippen LogP) is 4.14. The molecule has 0 N–H and O–H groups in total. The van der Waals surface area contributed by atoms with Crippen molar-refractivity contribution in [3.8, 4) is 5.75 Å². The zero-order chi connectivity index (χ0) is 25.1. The minimum atomic E-state index is -0.244. The van der Waals surface area contributed by atoms with E-state index in [1.54, 1.807) is 4.90 Å². The number of nitrogens with zero attached hydrogens (tertiary/aromatic N) is 3. The van der Waals surface area contributed by atoms with E-state index in [0.29, 0.717) is 31.9 Å². The molecule has 1 aromatic heterocycles. The van der Waals surface area contributed by atoms with Gasteiger partial charge >= 0.3 is 0 Å². The Morgan fingerprint density at radius 1 is 0.917 bits per heavy atom. The van der Waals surface area contributed by atoms with Gasteiger partial charge in [0.1, 0.15) is 5.75 Å². The lowest BCUT2D eigenvalue weighted by Gasteiger charge is -2.43. The fourth-order valence-electron chi connectivity index (χ4n) is 5.33. The molecule has 1 saturated heterocycles. The number of hydrogen-bond donors (Lipinski definition) is 0. The van der Waals surface area contributed by atoms with Gasteiger partial charge in [0.25, 0.3) is 5.91 Å². The van der Waals surface area contributed by atoms with Crippen molar-refractivity contribution in [3.63, 3.8) is 0 Å². The van der Waals surface area contributed by atoms with E-state index in [1.165, 1.54) is 21.6 Å². The van der Waals surface area contributed by atoms with E-state index in [0.717, 1.165) is 13.0 Å². The average molecular weight is 504 g/mol. The smallest absolute Gasteiger partial charge is 0.260 e. The molecule has 2 amide bonds. The Labute approximate surface area is 217 Å². The van der Waals surface area contributed by atoms with Gasteiger partial charge in [0, 0.05) is 37.6 Å². The van der Waals surface area contributed by atoms with Gasteiger partial charge in [-0.05, 0) is 60.5 Å². The standard InChI is InChI=1S/C29H33N3O3S/c1-21-8-6-7-11-24(21)28-25-13-19-36-26(25)12-14-32(28)22(2)29(34)31-17-15-30(16-18-31)27(33)20-35-23-9-4-3-5-10-23/h3-11,13,19,22,28H,12,14-18,20H2,1-2H3/t22-,28-/m0/s1. The normalized spacial score (nSPS) is 19.0. The van der Waals surface area contributed by atoms with Gasteiger partial charge in [0.05, 0.1) is 12.1 Å². The van der Waals surface area contributed by atoms with Crippen molar-refractivity contribution in [3.05, 3.63) is 87.6 Å². The number of fused-ring (bicyclic) bond motifs is 1. The Bertz CT molecular complexity index is 1200. The second kappa shape index (κ2) is 10.8. The molecule has 36 heavy (non-hydrogen) atoms. The number of carbonyl (C=O) groups excluding carboxylic acids is 2. The minimum Gasteiger partial charge on any atom is -0.484 e. The van der Waals surface area contributed by atoms with Crippen LogP contribution in [0.2, 0.25) is 0 Å². The van der Waals surface area contributed by atoms with Gasteiger partial charge in [-0.15, -0.1) is 11.3 Å². The van der Waals surface area contributed by atoms with Gasteiger partial charge in [0.2, 0.25) is 5.91 Å². The number of rotatable bonds is 6. The summed E-state index contributed by atoms with van der Waals surface area (Å²) in [6.45, 7) is 7.23. The van der Waals surface area contributed by atoms with E-state index in [2.05, 4.69) is 47.5 Å². The first kappa shape index (κ1) is 24.5. The summed E-state index contributed by atoms with van der Waals surface area (Å²) in [6.07, 6.45) is 0.969. The zero-order valence-corrected chi connectivity index (χ0v) is 21.7. The first-order valence-electron chi connectivity index (χ1n) is 12.6. The maximum atomic E-state index is 13.7. The summed E-state index contributed by atoms with van der Waals surface area (Å²) < 4.78 is 5.62. The van der Waals surface area contributed by atoms with Crippen molar-refractivity contribution in [2.75, 3.05) is 39.3 Å². The molecule has 6 nitrogen and oxygen atoms in total. The number of hydrogen-bond acceptors (Lipinski definition) is 5. The van der Waals surface area contributed by atoms with Crippen LogP contribution in [0.15, 0.2) is 66.0 Å². The van der Waals surface area contributed by atoms with Gasteiger partial charge in [0.15, 0.2) is 6.61 Å². The van der Waals surface area contributed by atoms with E-state index < -0.39 is 0 Å². The summed E-state index contributed by atoms with van der Waals surface area (Å²) in [5, 5.41) is 2.17. The van der Waals surface area contributed by atoms with Crippen LogP contribution >= 0.6 is 11.3 Å². The highest BCUT2D eigenvalue weighted by atomic mass is 32.1. The van der Waals surface area contributed by atoms with Crippen molar-refractivity contribution in [2.45, 2.75) is 32.4 Å². The maximum absolute atomic E-state index is 13.7. The van der Waals surface area contributed by atoms with E-state index in [1.807, 2.05) is 53.5 Å². The molecule has 188 valence electrons. The second-order valence-corrected chi connectivity index (χ2v) is 10.5. The van der Waals surface area contributed by atoms with E-state index in [9.17, 15) is 9.59 Å². The number of ether oxygens (including phenoxy) is 1. The van der Waals surface area contributed by atoms with Crippen LogP contribution in [-0.2, 0) is 16.0 Å². The van der Waals surface area contributed by atoms with E-state index in [4.69, 9.17) is 4.74 Å². The highest BCUT2D eigenvalue weighted by Crippen LogP contribution is 2.40. The quantitative estimate of drug-likeness (QED) is 0.507. The third-order valence-corrected chi connectivity index (χ3v) is 8.39. The molecule has 0 aliphatic carbocycles. The molecule has 0 bridgehead atoms. The lowest BCUT2D eigenvalue weighted by molar-refractivity contribution is -0.144. The lowest BCUT2D eigenvalue weighted by atomic mass is 9.89. The molecule has 2 aliphatic rings. The third kappa shape index (κ3) is 5.04. The van der Waals surface area contributed by atoms with Crippen LogP contribution < -0.4 is 4.74 Å².